The first kappa shape index (κ1) is 20.1. The maximum absolute atomic E-state index is 13.5. The van der Waals surface area contributed by atoms with E-state index in [9.17, 15) is 20.0 Å². The van der Waals surface area contributed by atoms with Gasteiger partial charge in [0.2, 0.25) is 0 Å². The summed E-state index contributed by atoms with van der Waals surface area (Å²) in [6.45, 7) is 2.43. The number of non-ortho nitro benzene ring substituents is 1. The molecule has 0 spiro atoms. The molecule has 0 radical (unpaired) electrons. The van der Waals surface area contributed by atoms with Crippen LogP contribution in [0.15, 0.2) is 48.5 Å². The number of hydrogen-bond acceptors (Lipinski definition) is 4. The molecule has 1 N–H and O–H groups in total. The molecular formula is C23H17ClN2O4Se. The Hall–Kier alpha value is -2.86. The van der Waals surface area contributed by atoms with Gasteiger partial charge in [0.25, 0.3) is 0 Å². The summed E-state index contributed by atoms with van der Waals surface area (Å²) < 4.78 is 1.58. The summed E-state index contributed by atoms with van der Waals surface area (Å²) in [5.74, 6) is 0.315. The number of anilines is 1. The molecule has 8 heteroatoms. The Balaban J connectivity index is 1.62. The molecule has 1 aliphatic heterocycles. The Bertz CT molecular complexity index is 1400. The van der Waals surface area contributed by atoms with Crippen molar-refractivity contribution in [1.29, 1.82) is 0 Å². The number of aromatic hydroxyl groups is 1. The van der Waals surface area contributed by atoms with Gasteiger partial charge in [-0.1, -0.05) is 0 Å². The van der Waals surface area contributed by atoms with Crippen molar-refractivity contribution in [2.75, 3.05) is 17.3 Å². The quantitative estimate of drug-likeness (QED) is 0.187. The number of aryl methyl sites for hydroxylation is 1. The van der Waals surface area contributed by atoms with Crippen LogP contribution in [-0.4, -0.2) is 42.9 Å². The molecule has 1 amide bonds. The molecule has 0 fully saturated rings. The number of nitro groups is 1. The zero-order valence-corrected chi connectivity index (χ0v) is 18.9. The Morgan fingerprint density at radius 1 is 1.23 bits per heavy atom. The van der Waals surface area contributed by atoms with E-state index in [0.29, 0.717) is 22.5 Å². The van der Waals surface area contributed by atoms with E-state index in [0.717, 1.165) is 31.5 Å². The Morgan fingerprint density at radius 2 is 2.03 bits per heavy atom. The van der Waals surface area contributed by atoms with E-state index in [1.165, 1.54) is 12.1 Å². The molecule has 31 heavy (non-hydrogen) atoms. The summed E-state index contributed by atoms with van der Waals surface area (Å²) in [6, 6.07) is 14.0. The van der Waals surface area contributed by atoms with Crippen molar-refractivity contribution in [3.63, 3.8) is 0 Å². The number of nitro benzene ring substituents is 1. The Labute approximate surface area is 188 Å². The van der Waals surface area contributed by atoms with Crippen molar-refractivity contribution in [1.82, 2.24) is 0 Å². The van der Waals surface area contributed by atoms with Gasteiger partial charge in [0, 0.05) is 0 Å². The van der Waals surface area contributed by atoms with Crippen molar-refractivity contribution < 1.29 is 14.8 Å². The summed E-state index contributed by atoms with van der Waals surface area (Å²) in [5, 5.41) is 24.1. The van der Waals surface area contributed by atoms with Crippen LogP contribution in [0.5, 0.6) is 5.75 Å². The number of amides is 1. The minimum atomic E-state index is -0.432. The van der Waals surface area contributed by atoms with E-state index < -0.39 is 4.92 Å². The number of carbonyl (C=O) groups is 1. The van der Waals surface area contributed by atoms with E-state index in [-0.39, 0.29) is 37.8 Å². The average Bonchev–Trinajstić information content (AvgIpc) is 3.34. The second-order valence-electron chi connectivity index (χ2n) is 7.73. The van der Waals surface area contributed by atoms with E-state index in [1.807, 2.05) is 25.1 Å². The molecule has 0 saturated carbocycles. The van der Waals surface area contributed by atoms with E-state index in [4.69, 9.17) is 11.6 Å². The van der Waals surface area contributed by atoms with Gasteiger partial charge in [-0.3, -0.25) is 0 Å². The summed E-state index contributed by atoms with van der Waals surface area (Å²) in [7, 11) is 0. The fourth-order valence-corrected chi connectivity index (χ4v) is 6.62. The van der Waals surface area contributed by atoms with Crippen LogP contribution >= 0.6 is 11.6 Å². The zero-order chi connectivity index (χ0) is 21.9. The number of benzene rings is 3. The molecule has 2 heterocycles. The van der Waals surface area contributed by atoms with Crippen LogP contribution in [0.2, 0.25) is 0 Å². The monoisotopic (exact) mass is 500 g/mol. The van der Waals surface area contributed by atoms with Gasteiger partial charge in [0.15, 0.2) is 0 Å². The Morgan fingerprint density at radius 3 is 2.77 bits per heavy atom. The van der Waals surface area contributed by atoms with Crippen molar-refractivity contribution in [3.8, 4) is 5.75 Å². The van der Waals surface area contributed by atoms with Crippen LogP contribution < -0.4 is 4.90 Å². The van der Waals surface area contributed by atoms with E-state index >= 15 is 0 Å². The number of phenols is 1. The van der Waals surface area contributed by atoms with Gasteiger partial charge in [-0.05, 0) is 0 Å². The normalized spacial score (nSPS) is 15.5. The Kier molecular flexibility index (Phi) is 4.77. The number of carbonyl (C=O) groups excluding carboxylic acids is 1. The fourth-order valence-electron chi connectivity index (χ4n) is 4.29. The van der Waals surface area contributed by atoms with E-state index in [2.05, 4.69) is 0 Å². The van der Waals surface area contributed by atoms with Crippen molar-refractivity contribution in [3.05, 3.63) is 74.2 Å². The predicted molar refractivity (Wildman–Crippen MR) is 123 cm³/mol. The number of alkyl halides is 1. The van der Waals surface area contributed by atoms with Gasteiger partial charge in [-0.25, -0.2) is 0 Å². The number of nitrogens with zero attached hydrogens (tertiary/aromatic N) is 2. The van der Waals surface area contributed by atoms with Crippen LogP contribution in [-0.2, 0) is 0 Å². The van der Waals surface area contributed by atoms with Gasteiger partial charge in [-0.2, -0.15) is 0 Å². The van der Waals surface area contributed by atoms with Gasteiger partial charge in [0.05, 0.1) is 0 Å². The molecule has 1 atom stereocenters. The van der Waals surface area contributed by atoms with Gasteiger partial charge < -0.3 is 0 Å². The van der Waals surface area contributed by atoms with Crippen LogP contribution in [0, 0.1) is 17.0 Å². The third-order valence-electron chi connectivity index (χ3n) is 5.75. The number of phenolic OH excluding ortho intramolecular Hbond substituents is 1. The first-order chi connectivity index (χ1) is 14.9. The first-order valence-corrected chi connectivity index (χ1v) is 11.9. The number of hydrogen-bond donors (Lipinski definition) is 1. The summed E-state index contributed by atoms with van der Waals surface area (Å²) in [6.07, 6.45) is 0. The fraction of sp³-hybridized carbons (Fsp3) is 0.174. The molecule has 0 unspecified atom stereocenters. The molecule has 0 bridgehead atoms. The molecule has 1 aromatic heterocycles. The maximum atomic E-state index is 13.5. The molecular weight excluding hydrogens is 483 g/mol. The third-order valence-corrected chi connectivity index (χ3v) is 8.43. The summed E-state index contributed by atoms with van der Waals surface area (Å²) >= 11 is 6.05. The SMILES string of the molecule is Cc1ccc2c(O)cc3c(c2c1)[C@H](CCl)CN3C(=O)c1cc2cc([N+](=O)[O-])ccc2[se]1. The molecule has 3 aromatic carbocycles. The van der Waals surface area contributed by atoms with Crippen molar-refractivity contribution >= 4 is 63.8 Å². The van der Waals surface area contributed by atoms with Crippen LogP contribution in [0.3, 0.4) is 0 Å². The molecule has 0 saturated heterocycles. The minimum absolute atomic E-state index is 0.0139. The second kappa shape index (κ2) is 7.38. The molecule has 1 aliphatic rings. The number of halogens is 1. The number of fused-ring (bicyclic) bond motifs is 4. The molecule has 0 aliphatic carbocycles. The van der Waals surface area contributed by atoms with Gasteiger partial charge in [0.1, 0.15) is 0 Å². The molecule has 156 valence electrons. The van der Waals surface area contributed by atoms with Gasteiger partial charge in [-0.15, -0.1) is 0 Å². The van der Waals surface area contributed by atoms with Crippen molar-refractivity contribution in [2.24, 2.45) is 0 Å². The molecule has 5 rings (SSSR count). The summed E-state index contributed by atoms with van der Waals surface area (Å²) in [4.78, 5) is 25.8. The number of rotatable bonds is 3. The standard InChI is InChI=1S/C23H17ClN2O4Se/c1-12-2-4-16-17(6-12)22-14(10-24)11-25(18(22)9-19(16)27)23(28)21-8-13-7-15(26(29)30)3-5-20(13)31-21/h2-9,14,27H,10-11H2,1H3/t14-/m1/s1. The first-order valence-electron chi connectivity index (χ1n) is 9.69. The van der Waals surface area contributed by atoms with E-state index in [1.54, 1.807) is 23.1 Å². The molecule has 4 aromatic rings. The van der Waals surface area contributed by atoms with Crippen LogP contribution in [0.1, 0.15) is 26.3 Å². The molecule has 6 nitrogen and oxygen atoms in total. The third kappa shape index (κ3) is 3.21. The average molecular weight is 500 g/mol. The zero-order valence-electron chi connectivity index (χ0n) is 16.5. The predicted octanol–water partition coefficient (Wildman–Crippen LogP) is 4.96. The van der Waals surface area contributed by atoms with Crippen LogP contribution in [0.4, 0.5) is 11.4 Å². The second-order valence-corrected chi connectivity index (χ2v) is 10.3. The van der Waals surface area contributed by atoms with Crippen LogP contribution in [0.25, 0.3) is 20.4 Å². The topological polar surface area (TPSA) is 83.7 Å². The van der Waals surface area contributed by atoms with Crippen molar-refractivity contribution in [2.45, 2.75) is 12.8 Å². The summed E-state index contributed by atoms with van der Waals surface area (Å²) in [5.41, 5.74) is 2.75. The van der Waals surface area contributed by atoms with Gasteiger partial charge >= 0.3 is 189 Å².